The van der Waals surface area contributed by atoms with Gasteiger partial charge >= 0.3 is 0 Å². The van der Waals surface area contributed by atoms with Crippen LogP contribution in [-0.4, -0.2) is 48.3 Å². The van der Waals surface area contributed by atoms with Gasteiger partial charge in [-0.25, -0.2) is 19.9 Å². The van der Waals surface area contributed by atoms with Crippen molar-refractivity contribution in [2.24, 2.45) is 0 Å². The number of anilines is 4. The first-order valence-corrected chi connectivity index (χ1v) is 10.4. The van der Waals surface area contributed by atoms with Crippen LogP contribution in [0.1, 0.15) is 44.0 Å². The number of pyridine rings is 1. The number of rotatable bonds is 5. The molecule has 1 aliphatic heterocycles. The number of nitrogens with zero attached hydrogens (tertiary/aromatic N) is 6. The van der Waals surface area contributed by atoms with Gasteiger partial charge in [-0.2, -0.15) is 0 Å². The summed E-state index contributed by atoms with van der Waals surface area (Å²) in [6.45, 7) is 6.29. The van der Waals surface area contributed by atoms with Crippen molar-refractivity contribution in [2.45, 2.75) is 45.6 Å². The van der Waals surface area contributed by atoms with Crippen LogP contribution >= 0.6 is 0 Å². The number of amides is 1. The monoisotopic (exact) mass is 418 g/mol. The number of carbonyl (C=O) groups excluding carboxylic acids is 1. The van der Waals surface area contributed by atoms with E-state index in [1.165, 1.54) is 0 Å². The highest BCUT2D eigenvalue weighted by molar-refractivity contribution is 5.73. The normalized spacial score (nSPS) is 18.5. The Balaban J connectivity index is 1.66. The van der Waals surface area contributed by atoms with Gasteiger partial charge in [-0.15, -0.1) is 0 Å². The van der Waals surface area contributed by atoms with Gasteiger partial charge in [-0.1, -0.05) is 0 Å². The SMILES string of the molecule is CC(=O)N1C[C@H](c2nc(Nc3cncc(C)c3)cc(Nc3ncccn3)n2)CC[C@@H]1C. The van der Waals surface area contributed by atoms with Crippen molar-refractivity contribution < 1.29 is 4.79 Å². The van der Waals surface area contributed by atoms with Gasteiger partial charge in [0.1, 0.15) is 17.5 Å². The summed E-state index contributed by atoms with van der Waals surface area (Å²) in [4.78, 5) is 36.2. The Bertz CT molecular complexity index is 1060. The topological polar surface area (TPSA) is 109 Å². The molecule has 1 aliphatic rings. The maximum atomic E-state index is 12.1. The van der Waals surface area contributed by atoms with E-state index in [4.69, 9.17) is 9.97 Å². The lowest BCUT2D eigenvalue weighted by atomic mass is 9.92. The molecule has 160 valence electrons. The predicted octanol–water partition coefficient (Wildman–Crippen LogP) is 3.57. The highest BCUT2D eigenvalue weighted by Gasteiger charge is 2.30. The van der Waals surface area contributed by atoms with E-state index in [-0.39, 0.29) is 17.9 Å². The largest absolute Gasteiger partial charge is 0.340 e. The Kier molecular flexibility index (Phi) is 6.01. The lowest BCUT2D eigenvalue weighted by Crippen LogP contribution is -2.44. The molecular formula is C22H26N8O. The summed E-state index contributed by atoms with van der Waals surface area (Å²) in [6.07, 6.45) is 8.72. The molecule has 2 N–H and O–H groups in total. The number of carbonyl (C=O) groups is 1. The van der Waals surface area contributed by atoms with Crippen molar-refractivity contribution in [3.63, 3.8) is 0 Å². The summed E-state index contributed by atoms with van der Waals surface area (Å²) >= 11 is 0. The zero-order valence-electron chi connectivity index (χ0n) is 17.9. The molecule has 9 nitrogen and oxygen atoms in total. The second-order valence-corrected chi connectivity index (χ2v) is 7.86. The van der Waals surface area contributed by atoms with Crippen LogP contribution in [0.3, 0.4) is 0 Å². The van der Waals surface area contributed by atoms with Gasteiger partial charge in [0, 0.05) is 50.1 Å². The number of likely N-dealkylation sites (tertiary alicyclic amines) is 1. The molecule has 1 amide bonds. The maximum absolute atomic E-state index is 12.1. The van der Waals surface area contributed by atoms with Crippen LogP contribution in [0.25, 0.3) is 0 Å². The molecule has 0 aliphatic carbocycles. The molecule has 0 saturated carbocycles. The number of aromatic nitrogens is 5. The van der Waals surface area contributed by atoms with Crippen LogP contribution in [0.15, 0.2) is 43.0 Å². The van der Waals surface area contributed by atoms with Crippen LogP contribution in [0, 0.1) is 6.92 Å². The zero-order chi connectivity index (χ0) is 21.8. The lowest BCUT2D eigenvalue weighted by Gasteiger charge is -2.37. The summed E-state index contributed by atoms with van der Waals surface area (Å²) in [7, 11) is 0. The molecule has 3 aromatic rings. The van der Waals surface area contributed by atoms with Crippen molar-refractivity contribution in [3.8, 4) is 0 Å². The van der Waals surface area contributed by atoms with Gasteiger partial charge in [-0.3, -0.25) is 9.78 Å². The third-order valence-electron chi connectivity index (χ3n) is 5.35. The van der Waals surface area contributed by atoms with Gasteiger partial charge in [0.2, 0.25) is 11.9 Å². The fraction of sp³-hybridized carbons (Fsp3) is 0.364. The van der Waals surface area contributed by atoms with Gasteiger partial charge in [0.25, 0.3) is 0 Å². The third kappa shape index (κ3) is 5.11. The van der Waals surface area contributed by atoms with Crippen molar-refractivity contribution in [1.29, 1.82) is 0 Å². The van der Waals surface area contributed by atoms with Crippen molar-refractivity contribution >= 4 is 29.2 Å². The number of piperidine rings is 1. The first-order chi connectivity index (χ1) is 15.0. The molecule has 1 saturated heterocycles. The Morgan fingerprint density at radius 2 is 1.81 bits per heavy atom. The van der Waals surface area contributed by atoms with Crippen LogP contribution in [0.2, 0.25) is 0 Å². The van der Waals surface area contributed by atoms with Crippen LogP contribution in [-0.2, 0) is 4.79 Å². The first kappa shape index (κ1) is 20.6. The van der Waals surface area contributed by atoms with Crippen LogP contribution in [0.5, 0.6) is 0 Å². The molecule has 4 rings (SSSR count). The minimum absolute atomic E-state index is 0.0507. The molecule has 0 unspecified atom stereocenters. The first-order valence-electron chi connectivity index (χ1n) is 10.4. The average Bonchev–Trinajstić information content (AvgIpc) is 2.74. The Labute approximate surface area is 181 Å². The minimum Gasteiger partial charge on any atom is -0.340 e. The van der Waals surface area contributed by atoms with Gasteiger partial charge in [-0.05, 0) is 44.4 Å². The molecule has 0 aromatic carbocycles. The molecule has 3 aromatic heterocycles. The third-order valence-corrected chi connectivity index (χ3v) is 5.35. The summed E-state index contributed by atoms with van der Waals surface area (Å²) in [5, 5.41) is 6.47. The second kappa shape index (κ2) is 9.03. The maximum Gasteiger partial charge on any atom is 0.228 e. The Hall–Kier alpha value is -3.62. The summed E-state index contributed by atoms with van der Waals surface area (Å²) < 4.78 is 0. The second-order valence-electron chi connectivity index (χ2n) is 7.86. The van der Waals surface area contributed by atoms with E-state index in [9.17, 15) is 4.79 Å². The minimum atomic E-state index is 0.0507. The zero-order valence-corrected chi connectivity index (χ0v) is 17.9. The van der Waals surface area contributed by atoms with Crippen molar-refractivity contribution in [2.75, 3.05) is 17.2 Å². The van der Waals surface area contributed by atoms with Crippen molar-refractivity contribution in [3.05, 3.63) is 54.4 Å². The highest BCUT2D eigenvalue weighted by atomic mass is 16.2. The molecule has 4 heterocycles. The highest BCUT2D eigenvalue weighted by Crippen LogP contribution is 2.30. The number of hydrogen-bond acceptors (Lipinski definition) is 8. The standard InChI is InChI=1S/C22H26N8O/c1-14-9-18(12-23-11-14)26-19-10-20(29-22-24-7-4-8-25-22)28-21(27-19)17-6-5-15(2)30(13-17)16(3)31/h4,7-12,15,17H,5-6,13H2,1-3H3,(H2,24,25,26,27,28,29)/t15-,17+/m0/s1. The average molecular weight is 419 g/mol. The van der Waals surface area contributed by atoms with Gasteiger partial charge in [0.15, 0.2) is 0 Å². The molecule has 1 fully saturated rings. The summed E-state index contributed by atoms with van der Waals surface area (Å²) in [6, 6.07) is 5.80. The molecular weight excluding hydrogens is 392 g/mol. The van der Waals surface area contributed by atoms with E-state index >= 15 is 0 Å². The lowest BCUT2D eigenvalue weighted by molar-refractivity contribution is -0.132. The van der Waals surface area contributed by atoms with Gasteiger partial charge < -0.3 is 15.5 Å². The summed E-state index contributed by atoms with van der Waals surface area (Å²) in [5.74, 6) is 2.50. The quantitative estimate of drug-likeness (QED) is 0.647. The van der Waals surface area contributed by atoms with E-state index < -0.39 is 0 Å². The molecule has 2 atom stereocenters. The molecule has 0 bridgehead atoms. The van der Waals surface area contributed by atoms with E-state index in [1.807, 2.05) is 24.0 Å². The molecule has 0 spiro atoms. The van der Waals surface area contributed by atoms with Crippen LogP contribution in [0.4, 0.5) is 23.3 Å². The smallest absolute Gasteiger partial charge is 0.228 e. The Morgan fingerprint density at radius 1 is 1.06 bits per heavy atom. The Morgan fingerprint density at radius 3 is 2.52 bits per heavy atom. The summed E-state index contributed by atoms with van der Waals surface area (Å²) in [5.41, 5.74) is 1.89. The predicted molar refractivity (Wildman–Crippen MR) is 118 cm³/mol. The van der Waals surface area contributed by atoms with E-state index in [0.717, 1.165) is 24.1 Å². The number of hydrogen-bond donors (Lipinski definition) is 2. The molecule has 9 heteroatoms. The van der Waals surface area contributed by atoms with Gasteiger partial charge in [0.05, 0.1) is 11.9 Å². The molecule has 0 radical (unpaired) electrons. The van der Waals surface area contributed by atoms with Crippen LogP contribution < -0.4 is 10.6 Å². The fourth-order valence-corrected chi connectivity index (χ4v) is 3.78. The van der Waals surface area contributed by atoms with E-state index in [1.54, 1.807) is 37.8 Å². The number of nitrogens with one attached hydrogen (secondary N) is 2. The van der Waals surface area contributed by atoms with E-state index in [2.05, 4.69) is 32.5 Å². The number of aryl methyl sites for hydroxylation is 1. The molecule has 31 heavy (non-hydrogen) atoms. The fourth-order valence-electron chi connectivity index (χ4n) is 3.78. The van der Waals surface area contributed by atoms with E-state index in [0.29, 0.717) is 30.0 Å². The van der Waals surface area contributed by atoms with Crippen molar-refractivity contribution in [1.82, 2.24) is 29.8 Å².